The van der Waals surface area contributed by atoms with Crippen LogP contribution in [0.25, 0.3) is 11.0 Å². The molecule has 7 nitrogen and oxygen atoms in total. The van der Waals surface area contributed by atoms with E-state index in [0.717, 1.165) is 80.1 Å². The Morgan fingerprint density at radius 1 is 1.00 bits per heavy atom. The fourth-order valence-electron chi connectivity index (χ4n) is 7.31. The minimum atomic E-state index is -0.189. The number of carbonyl (C=O) groups excluding carboxylic acids is 2. The van der Waals surface area contributed by atoms with Crippen LogP contribution < -0.4 is 10.2 Å². The summed E-state index contributed by atoms with van der Waals surface area (Å²) in [5, 5.41) is 3.06. The number of benzene rings is 1. The minimum absolute atomic E-state index is 0.0366. The first kappa shape index (κ1) is 20.1. The van der Waals surface area contributed by atoms with Crippen LogP contribution in [0, 0.1) is 23.2 Å². The third-order valence-electron chi connectivity index (χ3n) is 8.45. The van der Waals surface area contributed by atoms with Gasteiger partial charge in [-0.05, 0) is 74.8 Å². The maximum atomic E-state index is 13.2. The van der Waals surface area contributed by atoms with E-state index < -0.39 is 0 Å². The molecule has 0 radical (unpaired) electrons. The molecule has 4 aliphatic carbocycles. The first-order valence-corrected chi connectivity index (χ1v) is 12.3. The lowest BCUT2D eigenvalue weighted by Gasteiger charge is -2.55. The molecule has 5 fully saturated rings. The summed E-state index contributed by atoms with van der Waals surface area (Å²) in [6.45, 7) is 3.12. The predicted octanol–water partition coefficient (Wildman–Crippen LogP) is 2.93. The molecule has 1 aromatic carbocycles. The van der Waals surface area contributed by atoms with Crippen molar-refractivity contribution in [1.29, 1.82) is 0 Å². The quantitative estimate of drug-likeness (QED) is 0.774. The van der Waals surface area contributed by atoms with Gasteiger partial charge in [0.1, 0.15) is 0 Å². The maximum absolute atomic E-state index is 13.2. The molecular formula is C25H33N5O2. The van der Waals surface area contributed by atoms with Crippen molar-refractivity contribution in [2.24, 2.45) is 23.2 Å². The van der Waals surface area contributed by atoms with E-state index in [-0.39, 0.29) is 23.8 Å². The molecule has 1 saturated heterocycles. The lowest BCUT2D eigenvalue weighted by molar-refractivity contribution is -0.148. The van der Waals surface area contributed by atoms with Crippen LogP contribution in [0.1, 0.15) is 44.9 Å². The van der Waals surface area contributed by atoms with Crippen LogP contribution in [-0.4, -0.2) is 59.4 Å². The van der Waals surface area contributed by atoms with Crippen molar-refractivity contribution in [3.8, 4) is 0 Å². The Bertz CT molecular complexity index is 962. The van der Waals surface area contributed by atoms with Crippen molar-refractivity contribution in [2.45, 2.75) is 44.9 Å². The molecule has 1 aliphatic heterocycles. The van der Waals surface area contributed by atoms with E-state index in [0.29, 0.717) is 6.54 Å². The Balaban J connectivity index is 1.05. The summed E-state index contributed by atoms with van der Waals surface area (Å²) in [6, 6.07) is 8.04. The van der Waals surface area contributed by atoms with Gasteiger partial charge in [-0.2, -0.15) is 0 Å². The van der Waals surface area contributed by atoms with Crippen molar-refractivity contribution >= 4 is 28.8 Å². The van der Waals surface area contributed by atoms with Crippen LogP contribution in [-0.2, 0) is 9.59 Å². The number of anilines is 1. The van der Waals surface area contributed by atoms with Crippen LogP contribution in [0.3, 0.4) is 0 Å². The van der Waals surface area contributed by atoms with E-state index in [4.69, 9.17) is 4.98 Å². The van der Waals surface area contributed by atoms with Crippen LogP contribution in [0.2, 0.25) is 0 Å². The molecule has 0 atom stereocenters. The largest absolute Gasteiger partial charge is 0.347 e. The van der Waals surface area contributed by atoms with E-state index in [1.165, 1.54) is 19.3 Å². The van der Waals surface area contributed by atoms with Crippen molar-refractivity contribution in [3.05, 3.63) is 24.3 Å². The standard InChI is InChI=1S/C25H33N5O2/c31-22(16-26-23(32)25-13-17-10-18(14-25)12-19(11-17)15-25)29-6-3-7-30(9-8-29)24-27-20-4-1-2-5-21(20)28-24/h1-2,4-5,17-19H,3,6-16H2,(H,26,32)(H,27,28). The normalized spacial score (nSPS) is 31.7. The summed E-state index contributed by atoms with van der Waals surface area (Å²) in [6.07, 6.45) is 7.97. The Labute approximate surface area is 188 Å². The predicted molar refractivity (Wildman–Crippen MR) is 123 cm³/mol. The maximum Gasteiger partial charge on any atom is 0.242 e. The molecular weight excluding hydrogens is 402 g/mol. The van der Waals surface area contributed by atoms with Gasteiger partial charge in [0.25, 0.3) is 0 Å². The second-order valence-electron chi connectivity index (χ2n) is 10.7. The molecule has 32 heavy (non-hydrogen) atoms. The van der Waals surface area contributed by atoms with Gasteiger partial charge in [0.15, 0.2) is 0 Å². The molecule has 4 bridgehead atoms. The van der Waals surface area contributed by atoms with E-state index in [9.17, 15) is 9.59 Å². The summed E-state index contributed by atoms with van der Waals surface area (Å²) < 4.78 is 0. The zero-order chi connectivity index (χ0) is 21.7. The molecule has 2 amide bonds. The van der Waals surface area contributed by atoms with Crippen molar-refractivity contribution in [2.75, 3.05) is 37.6 Å². The number of aromatic nitrogens is 2. The molecule has 7 heteroatoms. The summed E-state index contributed by atoms with van der Waals surface area (Å²) in [5.74, 6) is 3.25. The fourth-order valence-corrected chi connectivity index (χ4v) is 7.31. The Morgan fingerprint density at radius 2 is 1.72 bits per heavy atom. The van der Waals surface area contributed by atoms with Gasteiger partial charge in [0.2, 0.25) is 17.8 Å². The summed E-state index contributed by atoms with van der Waals surface area (Å²) >= 11 is 0. The number of hydrogen-bond acceptors (Lipinski definition) is 4. The number of fused-ring (bicyclic) bond motifs is 1. The highest BCUT2D eigenvalue weighted by atomic mass is 16.2. The van der Waals surface area contributed by atoms with E-state index in [1.54, 1.807) is 0 Å². The summed E-state index contributed by atoms with van der Waals surface area (Å²) in [4.78, 5) is 38.3. The van der Waals surface area contributed by atoms with Crippen molar-refractivity contribution < 1.29 is 9.59 Å². The summed E-state index contributed by atoms with van der Waals surface area (Å²) in [5.41, 5.74) is 1.81. The average Bonchev–Trinajstić information content (AvgIpc) is 3.05. The van der Waals surface area contributed by atoms with Gasteiger partial charge in [0.05, 0.1) is 17.6 Å². The summed E-state index contributed by atoms with van der Waals surface area (Å²) in [7, 11) is 0. The van der Waals surface area contributed by atoms with Gasteiger partial charge in [-0.3, -0.25) is 9.59 Å². The zero-order valence-electron chi connectivity index (χ0n) is 18.7. The molecule has 0 spiro atoms. The van der Waals surface area contributed by atoms with E-state index >= 15 is 0 Å². The van der Waals surface area contributed by atoms with Crippen molar-refractivity contribution in [3.63, 3.8) is 0 Å². The fraction of sp³-hybridized carbons (Fsp3) is 0.640. The highest BCUT2D eigenvalue weighted by Crippen LogP contribution is 2.60. The SMILES string of the molecule is O=C(CNC(=O)C12CC3CC(CC(C3)C1)C2)N1CCCN(c2nc3ccccc3[nH]2)CC1. The Morgan fingerprint density at radius 3 is 2.44 bits per heavy atom. The van der Waals surface area contributed by atoms with Gasteiger partial charge < -0.3 is 20.1 Å². The Kier molecular flexibility index (Phi) is 4.88. The molecule has 170 valence electrons. The number of nitrogens with zero attached hydrogens (tertiary/aromatic N) is 3. The first-order valence-electron chi connectivity index (χ1n) is 12.3. The third-order valence-corrected chi connectivity index (χ3v) is 8.45. The molecule has 1 aromatic heterocycles. The number of para-hydroxylation sites is 2. The van der Waals surface area contributed by atoms with E-state index in [2.05, 4.69) is 15.2 Å². The molecule has 7 rings (SSSR count). The number of amides is 2. The minimum Gasteiger partial charge on any atom is -0.347 e. The lowest BCUT2D eigenvalue weighted by atomic mass is 9.49. The number of aromatic amines is 1. The molecule has 0 unspecified atom stereocenters. The number of carbonyl (C=O) groups is 2. The monoisotopic (exact) mass is 435 g/mol. The molecule has 2 aromatic rings. The average molecular weight is 436 g/mol. The third kappa shape index (κ3) is 3.55. The number of nitrogens with one attached hydrogen (secondary N) is 2. The molecule has 5 aliphatic rings. The highest BCUT2D eigenvalue weighted by Gasteiger charge is 2.54. The Hall–Kier alpha value is -2.57. The van der Waals surface area contributed by atoms with E-state index in [1.807, 2.05) is 29.2 Å². The zero-order valence-corrected chi connectivity index (χ0v) is 18.7. The topological polar surface area (TPSA) is 81.3 Å². The number of H-pyrrole nitrogens is 1. The van der Waals surface area contributed by atoms with Gasteiger partial charge >= 0.3 is 0 Å². The molecule has 4 saturated carbocycles. The highest BCUT2D eigenvalue weighted by molar-refractivity contribution is 5.88. The number of imidazole rings is 1. The number of rotatable bonds is 4. The van der Waals surface area contributed by atoms with Crippen LogP contribution in [0.5, 0.6) is 0 Å². The van der Waals surface area contributed by atoms with Gasteiger partial charge in [-0.15, -0.1) is 0 Å². The van der Waals surface area contributed by atoms with Crippen LogP contribution in [0.4, 0.5) is 5.95 Å². The second kappa shape index (κ2) is 7.78. The van der Waals surface area contributed by atoms with Crippen molar-refractivity contribution in [1.82, 2.24) is 20.2 Å². The molecule has 2 heterocycles. The van der Waals surface area contributed by atoms with Gasteiger partial charge in [-0.25, -0.2) is 4.98 Å². The lowest BCUT2D eigenvalue weighted by Crippen LogP contribution is -2.54. The molecule has 2 N–H and O–H groups in total. The van der Waals surface area contributed by atoms with Gasteiger partial charge in [-0.1, -0.05) is 12.1 Å². The van der Waals surface area contributed by atoms with Crippen LogP contribution >= 0.6 is 0 Å². The smallest absolute Gasteiger partial charge is 0.242 e. The van der Waals surface area contributed by atoms with Crippen LogP contribution in [0.15, 0.2) is 24.3 Å². The number of hydrogen-bond donors (Lipinski definition) is 2. The van der Waals surface area contributed by atoms with Gasteiger partial charge in [0, 0.05) is 31.6 Å². The first-order chi connectivity index (χ1) is 15.6. The second-order valence-corrected chi connectivity index (χ2v) is 10.7.